The van der Waals surface area contributed by atoms with Crippen molar-refractivity contribution >= 4 is 0 Å². The average molecular weight is 243 g/mol. The Bertz CT molecular complexity index is 562. The maximum atomic E-state index is 9.95. The smallest absolute Gasteiger partial charge is 0.125 e. The van der Waals surface area contributed by atoms with Crippen LogP contribution in [0.1, 0.15) is 41.7 Å². The van der Waals surface area contributed by atoms with E-state index in [0.717, 1.165) is 42.9 Å². The van der Waals surface area contributed by atoms with Crippen molar-refractivity contribution in [1.29, 1.82) is 0 Å². The van der Waals surface area contributed by atoms with Gasteiger partial charge in [-0.05, 0) is 38.3 Å². The molecule has 1 N–H and O–H groups in total. The van der Waals surface area contributed by atoms with Crippen LogP contribution >= 0.6 is 0 Å². The lowest BCUT2D eigenvalue weighted by atomic mass is 9.95. The molecule has 0 aromatic carbocycles. The van der Waals surface area contributed by atoms with E-state index in [4.69, 9.17) is 0 Å². The molecule has 3 rings (SSSR count). The highest BCUT2D eigenvalue weighted by molar-refractivity contribution is 5.28. The third-order valence-corrected chi connectivity index (χ3v) is 3.53. The first kappa shape index (κ1) is 11.4. The molecule has 1 aliphatic rings. The second-order valence-corrected chi connectivity index (χ2v) is 4.85. The Hall–Kier alpha value is -1.68. The second kappa shape index (κ2) is 4.53. The van der Waals surface area contributed by atoms with Gasteiger partial charge < -0.3 is 9.67 Å². The largest absolute Gasteiger partial charge is 0.388 e. The van der Waals surface area contributed by atoms with E-state index in [0.29, 0.717) is 0 Å². The van der Waals surface area contributed by atoms with Gasteiger partial charge in [-0.2, -0.15) is 0 Å². The highest BCUT2D eigenvalue weighted by Gasteiger charge is 2.21. The number of hydrogen-bond acceptors (Lipinski definition) is 3. The van der Waals surface area contributed by atoms with E-state index in [2.05, 4.69) is 20.7 Å². The summed E-state index contributed by atoms with van der Waals surface area (Å²) in [7, 11) is 0. The minimum Gasteiger partial charge on any atom is -0.388 e. The number of aliphatic hydroxyl groups excluding tert-OH is 1. The Labute approximate surface area is 106 Å². The molecular weight excluding hydrogens is 226 g/mol. The van der Waals surface area contributed by atoms with Crippen molar-refractivity contribution in [2.75, 3.05) is 0 Å². The molecule has 1 aliphatic carbocycles. The number of fused-ring (bicyclic) bond motifs is 1. The van der Waals surface area contributed by atoms with Crippen LogP contribution in [0.4, 0.5) is 0 Å². The lowest BCUT2D eigenvalue weighted by Gasteiger charge is -2.20. The molecule has 0 radical (unpaired) electrons. The lowest BCUT2D eigenvalue weighted by molar-refractivity contribution is 0.155. The van der Waals surface area contributed by atoms with E-state index >= 15 is 0 Å². The zero-order chi connectivity index (χ0) is 12.5. The van der Waals surface area contributed by atoms with Crippen molar-refractivity contribution in [3.05, 3.63) is 47.3 Å². The first-order valence-electron chi connectivity index (χ1n) is 6.38. The Morgan fingerprint density at radius 2 is 2.33 bits per heavy atom. The van der Waals surface area contributed by atoms with Crippen molar-refractivity contribution in [2.24, 2.45) is 0 Å². The van der Waals surface area contributed by atoms with Gasteiger partial charge in [0.15, 0.2) is 0 Å². The summed E-state index contributed by atoms with van der Waals surface area (Å²) in [6, 6.07) is 3.98. The molecule has 0 aliphatic heterocycles. The van der Waals surface area contributed by atoms with E-state index in [-0.39, 0.29) is 6.10 Å². The van der Waals surface area contributed by atoms with Crippen LogP contribution in [0, 0.1) is 6.92 Å². The van der Waals surface area contributed by atoms with E-state index in [1.165, 1.54) is 5.69 Å². The summed E-state index contributed by atoms with van der Waals surface area (Å²) in [6.07, 6.45) is 6.54. The summed E-state index contributed by atoms with van der Waals surface area (Å²) in [5.41, 5.74) is 3.36. The van der Waals surface area contributed by atoms with E-state index in [1.54, 1.807) is 6.20 Å². The Morgan fingerprint density at radius 1 is 1.44 bits per heavy atom. The van der Waals surface area contributed by atoms with Crippen molar-refractivity contribution in [1.82, 2.24) is 14.5 Å². The van der Waals surface area contributed by atoms with Crippen LogP contribution in [0.2, 0.25) is 0 Å². The van der Waals surface area contributed by atoms with Crippen LogP contribution < -0.4 is 0 Å². The van der Waals surface area contributed by atoms with Gasteiger partial charge in [0.25, 0.3) is 0 Å². The maximum absolute atomic E-state index is 9.95. The fraction of sp³-hybridized carbons (Fsp3) is 0.429. The normalized spacial score (nSPS) is 18.7. The number of aliphatic hydroxyl groups is 1. The highest BCUT2D eigenvalue weighted by Crippen LogP contribution is 2.30. The Morgan fingerprint density at radius 3 is 3.17 bits per heavy atom. The molecule has 0 bridgehead atoms. The van der Waals surface area contributed by atoms with Gasteiger partial charge in [-0.3, -0.25) is 0 Å². The number of hydrogen-bond donors (Lipinski definition) is 1. The topological polar surface area (TPSA) is 50.9 Å². The molecule has 2 aromatic rings. The van der Waals surface area contributed by atoms with Crippen LogP contribution in [-0.2, 0) is 13.0 Å². The molecule has 0 saturated carbocycles. The van der Waals surface area contributed by atoms with Crippen LogP contribution in [0.5, 0.6) is 0 Å². The quantitative estimate of drug-likeness (QED) is 0.877. The summed E-state index contributed by atoms with van der Waals surface area (Å²) in [6.45, 7) is 2.66. The molecule has 0 amide bonds. The Kier molecular flexibility index (Phi) is 2.88. The summed E-state index contributed by atoms with van der Waals surface area (Å²) in [5, 5.41) is 9.95. The first-order chi connectivity index (χ1) is 8.74. The number of aromatic nitrogens is 3. The molecule has 18 heavy (non-hydrogen) atoms. The van der Waals surface area contributed by atoms with E-state index in [1.807, 2.05) is 19.1 Å². The fourth-order valence-corrected chi connectivity index (χ4v) is 2.65. The summed E-state index contributed by atoms with van der Waals surface area (Å²) < 4.78 is 2.19. The van der Waals surface area contributed by atoms with Crippen molar-refractivity contribution in [2.45, 2.75) is 38.8 Å². The number of rotatable bonds is 2. The summed E-state index contributed by atoms with van der Waals surface area (Å²) in [4.78, 5) is 8.53. The summed E-state index contributed by atoms with van der Waals surface area (Å²) in [5.74, 6) is 0.800. The molecular formula is C14H17N3O. The zero-order valence-electron chi connectivity index (χ0n) is 10.5. The van der Waals surface area contributed by atoms with Crippen LogP contribution in [0.3, 0.4) is 0 Å². The molecule has 0 saturated heterocycles. The molecule has 2 aromatic heterocycles. The molecule has 1 atom stereocenters. The highest BCUT2D eigenvalue weighted by atomic mass is 16.3. The zero-order valence-corrected chi connectivity index (χ0v) is 10.5. The van der Waals surface area contributed by atoms with Crippen molar-refractivity contribution in [3.63, 3.8) is 0 Å². The van der Waals surface area contributed by atoms with Gasteiger partial charge in [-0.15, -0.1) is 0 Å². The van der Waals surface area contributed by atoms with Gasteiger partial charge >= 0.3 is 0 Å². The van der Waals surface area contributed by atoms with Gasteiger partial charge in [0.1, 0.15) is 5.82 Å². The molecule has 94 valence electrons. The molecule has 4 nitrogen and oxygen atoms in total. The third-order valence-electron chi connectivity index (χ3n) is 3.53. The van der Waals surface area contributed by atoms with Crippen LogP contribution in [-0.4, -0.2) is 19.6 Å². The van der Waals surface area contributed by atoms with Crippen LogP contribution in [0.25, 0.3) is 0 Å². The molecule has 0 fully saturated rings. The van der Waals surface area contributed by atoms with Gasteiger partial charge in [0, 0.05) is 23.7 Å². The third kappa shape index (κ3) is 2.04. The van der Waals surface area contributed by atoms with Crippen molar-refractivity contribution in [3.8, 4) is 0 Å². The number of aryl methyl sites for hydroxylation is 1. The molecule has 1 unspecified atom stereocenters. The predicted molar refractivity (Wildman–Crippen MR) is 68.2 cm³/mol. The van der Waals surface area contributed by atoms with Gasteiger partial charge in [-0.1, -0.05) is 0 Å². The van der Waals surface area contributed by atoms with Gasteiger partial charge in [0.05, 0.1) is 18.3 Å². The SMILES string of the molecule is Cc1nccc(Cn2ccc3c2CCCC3O)n1. The monoisotopic (exact) mass is 243 g/mol. The minimum atomic E-state index is -0.290. The Balaban J connectivity index is 1.90. The van der Waals surface area contributed by atoms with Gasteiger partial charge in [0.2, 0.25) is 0 Å². The molecule has 0 spiro atoms. The molecule has 4 heteroatoms. The summed E-state index contributed by atoms with van der Waals surface area (Å²) >= 11 is 0. The van der Waals surface area contributed by atoms with E-state index < -0.39 is 0 Å². The van der Waals surface area contributed by atoms with E-state index in [9.17, 15) is 5.11 Å². The van der Waals surface area contributed by atoms with Gasteiger partial charge in [-0.25, -0.2) is 9.97 Å². The predicted octanol–water partition coefficient (Wildman–Crippen LogP) is 2.00. The second-order valence-electron chi connectivity index (χ2n) is 4.85. The average Bonchev–Trinajstić information content (AvgIpc) is 2.74. The number of nitrogens with zero attached hydrogens (tertiary/aromatic N) is 3. The van der Waals surface area contributed by atoms with Crippen molar-refractivity contribution < 1.29 is 5.11 Å². The maximum Gasteiger partial charge on any atom is 0.125 e. The molecule has 2 heterocycles. The van der Waals surface area contributed by atoms with Crippen LogP contribution in [0.15, 0.2) is 24.5 Å². The fourth-order valence-electron chi connectivity index (χ4n) is 2.65. The lowest BCUT2D eigenvalue weighted by Crippen LogP contribution is -2.13. The minimum absolute atomic E-state index is 0.290. The standard InChI is InChI=1S/C14H17N3O/c1-10-15-7-5-11(16-10)9-17-8-6-12-13(17)3-2-4-14(12)18/h5-8,14,18H,2-4,9H2,1H3. The first-order valence-corrected chi connectivity index (χ1v) is 6.38.